The van der Waals surface area contributed by atoms with E-state index in [0.717, 1.165) is 4.47 Å². The fraction of sp³-hybridized carbons (Fsp3) is 0.200. The number of nitrogens with zero attached hydrogens (tertiary/aromatic N) is 3. The largest absolute Gasteiger partial charge is 0.493 e. The van der Waals surface area contributed by atoms with Gasteiger partial charge in [0.2, 0.25) is 0 Å². The van der Waals surface area contributed by atoms with Crippen molar-refractivity contribution in [3.05, 3.63) is 61.0 Å². The highest BCUT2D eigenvalue weighted by Gasteiger charge is 2.14. The van der Waals surface area contributed by atoms with Crippen LogP contribution in [0.5, 0.6) is 11.5 Å². The van der Waals surface area contributed by atoms with Crippen LogP contribution in [0.25, 0.3) is 10.9 Å². The fourth-order valence-corrected chi connectivity index (χ4v) is 3.60. The Morgan fingerprint density at radius 3 is 2.70 bits per heavy atom. The molecule has 10 heteroatoms. The highest BCUT2D eigenvalue weighted by Crippen LogP contribution is 2.36. The zero-order valence-electron chi connectivity index (χ0n) is 16.3. The Kier molecular flexibility index (Phi) is 6.88. The normalized spacial score (nSPS) is 11.1. The molecule has 0 aliphatic rings. The number of ether oxygens (including phenoxy) is 3. The molecule has 1 heterocycles. The second kappa shape index (κ2) is 9.40. The van der Waals surface area contributed by atoms with Gasteiger partial charge in [-0.05, 0) is 58.7 Å². The van der Waals surface area contributed by atoms with Gasteiger partial charge in [0.05, 0.1) is 35.8 Å². The Morgan fingerprint density at radius 2 is 2.00 bits per heavy atom. The minimum atomic E-state index is -0.514. The number of carbonyl (C=O) groups excluding carboxylic acids is 1. The second-order valence-corrected chi connectivity index (χ2v) is 7.85. The van der Waals surface area contributed by atoms with Gasteiger partial charge in [0.15, 0.2) is 18.1 Å². The molecule has 156 valence electrons. The Labute approximate surface area is 188 Å². The summed E-state index contributed by atoms with van der Waals surface area (Å²) >= 11 is 6.77. The van der Waals surface area contributed by atoms with Crippen molar-refractivity contribution < 1.29 is 19.0 Å². The van der Waals surface area contributed by atoms with E-state index in [1.807, 2.05) is 6.07 Å². The van der Waals surface area contributed by atoms with Crippen molar-refractivity contribution in [2.45, 2.75) is 6.92 Å². The van der Waals surface area contributed by atoms with Crippen LogP contribution in [0.15, 0.2) is 49.2 Å². The van der Waals surface area contributed by atoms with Crippen molar-refractivity contribution >= 4 is 54.9 Å². The number of methoxy groups -OCH3 is 2. The summed E-state index contributed by atoms with van der Waals surface area (Å²) in [6.45, 7) is 1.45. The summed E-state index contributed by atoms with van der Waals surface area (Å²) in [7, 11) is 2.76. The van der Waals surface area contributed by atoms with Crippen LogP contribution in [0.1, 0.15) is 11.4 Å². The lowest BCUT2D eigenvalue weighted by Crippen LogP contribution is -2.20. The number of esters is 1. The molecule has 0 aliphatic heterocycles. The summed E-state index contributed by atoms with van der Waals surface area (Å²) in [5, 5.41) is 4.76. The third kappa shape index (κ3) is 4.71. The molecule has 0 radical (unpaired) electrons. The number of fused-ring (bicyclic) bond motifs is 1. The second-order valence-electron chi connectivity index (χ2n) is 6.08. The van der Waals surface area contributed by atoms with Crippen LogP contribution < -0.4 is 15.0 Å². The van der Waals surface area contributed by atoms with E-state index in [-0.39, 0.29) is 12.2 Å². The molecular formula is C20H17Br2N3O5. The topological polar surface area (TPSA) is 92.0 Å². The molecule has 0 N–H and O–H groups in total. The molecule has 0 bridgehead atoms. The van der Waals surface area contributed by atoms with Crippen LogP contribution >= 0.6 is 31.9 Å². The lowest BCUT2D eigenvalue weighted by Gasteiger charge is -2.12. The Bertz CT molecular complexity index is 1210. The van der Waals surface area contributed by atoms with Crippen molar-refractivity contribution in [2.75, 3.05) is 20.8 Å². The Hall–Kier alpha value is -2.72. The molecule has 0 aliphatic carbocycles. The fourth-order valence-electron chi connectivity index (χ4n) is 2.66. The summed E-state index contributed by atoms with van der Waals surface area (Å²) < 4.78 is 18.0. The van der Waals surface area contributed by atoms with E-state index in [1.165, 1.54) is 25.1 Å². The molecule has 0 saturated heterocycles. The standard InChI is InChI=1S/C20H17Br2N3O5/c1-11-24-16-5-4-13(21)8-14(16)20(27)25(11)23-9-12-6-15(22)19(17(7-12)28-2)30-10-18(26)29-3/h4-9H,10H2,1-3H3. The van der Waals surface area contributed by atoms with Crippen molar-refractivity contribution in [1.29, 1.82) is 0 Å². The SMILES string of the molecule is COC(=O)COc1c(Br)cc(C=Nn2c(C)nc3ccc(Br)cc3c2=O)cc1OC. The van der Waals surface area contributed by atoms with Crippen LogP contribution in [-0.4, -0.2) is 42.7 Å². The number of carbonyl (C=O) groups is 1. The zero-order valence-corrected chi connectivity index (χ0v) is 19.5. The van der Waals surface area contributed by atoms with Gasteiger partial charge in [0.1, 0.15) is 5.82 Å². The molecular weight excluding hydrogens is 522 g/mol. The molecule has 30 heavy (non-hydrogen) atoms. The molecule has 2 aromatic carbocycles. The van der Waals surface area contributed by atoms with Gasteiger partial charge in [-0.1, -0.05) is 15.9 Å². The number of aryl methyl sites for hydroxylation is 1. The summed E-state index contributed by atoms with van der Waals surface area (Å²) in [6.07, 6.45) is 1.51. The first kappa shape index (κ1) is 22.0. The van der Waals surface area contributed by atoms with Crippen molar-refractivity contribution in [2.24, 2.45) is 5.10 Å². The highest BCUT2D eigenvalue weighted by molar-refractivity contribution is 9.10. The van der Waals surface area contributed by atoms with E-state index in [4.69, 9.17) is 9.47 Å². The molecule has 0 saturated carbocycles. The first-order chi connectivity index (χ1) is 14.3. The van der Waals surface area contributed by atoms with E-state index >= 15 is 0 Å². The molecule has 0 fully saturated rings. The molecule has 1 aromatic heterocycles. The third-order valence-corrected chi connectivity index (χ3v) is 5.19. The number of halogens is 2. The summed E-state index contributed by atoms with van der Waals surface area (Å²) in [5.41, 5.74) is 0.965. The predicted molar refractivity (Wildman–Crippen MR) is 120 cm³/mol. The monoisotopic (exact) mass is 537 g/mol. The zero-order chi connectivity index (χ0) is 21.8. The molecule has 0 spiro atoms. The lowest BCUT2D eigenvalue weighted by molar-refractivity contribution is -0.142. The Balaban J connectivity index is 1.97. The minimum absolute atomic E-state index is 0.258. The lowest BCUT2D eigenvalue weighted by atomic mass is 10.2. The van der Waals surface area contributed by atoms with Gasteiger partial charge in [-0.3, -0.25) is 4.79 Å². The van der Waals surface area contributed by atoms with Gasteiger partial charge in [-0.15, -0.1) is 0 Å². The van der Waals surface area contributed by atoms with Gasteiger partial charge in [0, 0.05) is 4.47 Å². The number of hydrogen-bond acceptors (Lipinski definition) is 7. The average molecular weight is 539 g/mol. The molecule has 3 aromatic rings. The van der Waals surface area contributed by atoms with Crippen LogP contribution in [-0.2, 0) is 9.53 Å². The molecule has 0 amide bonds. The predicted octanol–water partition coefficient (Wildman–Crippen LogP) is 3.67. The van der Waals surface area contributed by atoms with Crippen molar-refractivity contribution in [3.8, 4) is 11.5 Å². The van der Waals surface area contributed by atoms with Gasteiger partial charge in [-0.2, -0.15) is 9.78 Å². The van der Waals surface area contributed by atoms with Crippen LogP contribution in [0.2, 0.25) is 0 Å². The number of aromatic nitrogens is 2. The Morgan fingerprint density at radius 1 is 1.23 bits per heavy atom. The third-order valence-electron chi connectivity index (χ3n) is 4.11. The van der Waals surface area contributed by atoms with Crippen molar-refractivity contribution in [1.82, 2.24) is 9.66 Å². The maximum atomic E-state index is 12.8. The number of rotatable bonds is 6. The molecule has 8 nitrogen and oxygen atoms in total. The highest BCUT2D eigenvalue weighted by atomic mass is 79.9. The summed E-state index contributed by atoms with van der Waals surface area (Å²) in [6, 6.07) is 8.71. The number of hydrogen-bond donors (Lipinski definition) is 0. The van der Waals surface area contributed by atoms with E-state index < -0.39 is 5.97 Å². The minimum Gasteiger partial charge on any atom is -0.493 e. The van der Waals surface area contributed by atoms with Gasteiger partial charge < -0.3 is 14.2 Å². The van der Waals surface area contributed by atoms with Gasteiger partial charge in [-0.25, -0.2) is 9.78 Å². The first-order valence-electron chi connectivity index (χ1n) is 8.64. The maximum Gasteiger partial charge on any atom is 0.343 e. The quantitative estimate of drug-likeness (QED) is 0.351. The maximum absolute atomic E-state index is 12.8. The van der Waals surface area contributed by atoms with Crippen LogP contribution in [0.4, 0.5) is 0 Å². The average Bonchev–Trinajstić information content (AvgIpc) is 2.72. The molecule has 0 unspecified atom stereocenters. The smallest absolute Gasteiger partial charge is 0.343 e. The number of benzene rings is 2. The van der Waals surface area contributed by atoms with E-state index in [0.29, 0.717) is 38.3 Å². The summed E-state index contributed by atoms with van der Waals surface area (Å²) in [4.78, 5) is 28.6. The van der Waals surface area contributed by atoms with Gasteiger partial charge in [0.25, 0.3) is 5.56 Å². The van der Waals surface area contributed by atoms with Crippen LogP contribution in [0, 0.1) is 6.92 Å². The van der Waals surface area contributed by atoms with E-state index in [9.17, 15) is 9.59 Å². The first-order valence-corrected chi connectivity index (χ1v) is 10.2. The van der Waals surface area contributed by atoms with Crippen LogP contribution in [0.3, 0.4) is 0 Å². The molecule has 3 rings (SSSR count). The van der Waals surface area contributed by atoms with E-state index in [1.54, 1.807) is 31.2 Å². The van der Waals surface area contributed by atoms with Gasteiger partial charge >= 0.3 is 5.97 Å². The van der Waals surface area contributed by atoms with E-state index in [2.05, 4.69) is 46.7 Å². The molecule has 0 atom stereocenters. The summed E-state index contributed by atoms with van der Waals surface area (Å²) in [5.74, 6) is 0.681. The van der Waals surface area contributed by atoms with Crippen molar-refractivity contribution in [3.63, 3.8) is 0 Å².